The van der Waals surface area contributed by atoms with Crippen molar-refractivity contribution in [2.45, 2.75) is 86.6 Å². The summed E-state index contributed by atoms with van der Waals surface area (Å²) < 4.78 is 33.9. The molecule has 16 heteroatoms. The molecule has 1 aromatic rings. The first-order chi connectivity index (χ1) is 22.5. The van der Waals surface area contributed by atoms with Gasteiger partial charge in [-0.15, -0.1) is 6.58 Å². The third-order valence-electron chi connectivity index (χ3n) is 9.79. The number of benzene rings is 1. The van der Waals surface area contributed by atoms with Crippen LogP contribution in [0.25, 0.3) is 0 Å². The predicted octanol–water partition coefficient (Wildman–Crippen LogP) is -2.47. The number of aliphatic hydroxyl groups excluding tert-OH is 7. The van der Waals surface area contributed by atoms with Crippen molar-refractivity contribution in [2.24, 2.45) is 11.8 Å². The summed E-state index contributed by atoms with van der Waals surface area (Å²) in [6.45, 7) is 2.93. The number of amides is 1. The Bertz CT molecular complexity index is 1360. The molecule has 5 aliphatic heterocycles. The van der Waals surface area contributed by atoms with Crippen LogP contribution in [0, 0.1) is 11.8 Å². The van der Waals surface area contributed by atoms with Crippen molar-refractivity contribution in [3.8, 4) is 11.5 Å². The van der Waals surface area contributed by atoms with Gasteiger partial charge in [0.05, 0.1) is 38.2 Å². The lowest BCUT2D eigenvalue weighted by Crippen LogP contribution is -2.65. The fourth-order valence-corrected chi connectivity index (χ4v) is 7.19. The molecule has 3 saturated heterocycles. The number of piperidine rings is 1. The number of fused-ring (bicyclic) bond motifs is 4. The highest BCUT2D eigenvalue weighted by atomic mass is 16.8. The fourth-order valence-electron chi connectivity index (χ4n) is 7.19. The van der Waals surface area contributed by atoms with E-state index in [9.17, 15) is 45.6 Å². The van der Waals surface area contributed by atoms with Crippen LogP contribution in [-0.4, -0.2) is 146 Å². The van der Waals surface area contributed by atoms with Crippen LogP contribution >= 0.6 is 0 Å². The number of nitrogens with zero attached hydrogens (tertiary/aromatic N) is 1. The summed E-state index contributed by atoms with van der Waals surface area (Å²) in [6.07, 6.45) is -13.5. The topological polar surface area (TPSA) is 238 Å². The van der Waals surface area contributed by atoms with Crippen LogP contribution in [0.15, 0.2) is 36.6 Å². The van der Waals surface area contributed by atoms with Crippen LogP contribution in [0.4, 0.5) is 0 Å². The summed E-state index contributed by atoms with van der Waals surface area (Å²) in [7, 11) is 1.47. The molecule has 0 aromatic heterocycles. The first-order valence-electron chi connectivity index (χ1n) is 15.5. The minimum atomic E-state index is -1.83. The van der Waals surface area contributed by atoms with Crippen molar-refractivity contribution < 1.29 is 74.1 Å². The number of carbonyl (C=O) groups is 1. The van der Waals surface area contributed by atoms with E-state index in [0.717, 1.165) is 11.1 Å². The van der Waals surface area contributed by atoms with E-state index >= 15 is 0 Å². The van der Waals surface area contributed by atoms with Gasteiger partial charge in [-0.2, -0.15) is 0 Å². The molecule has 1 aromatic carbocycles. The monoisotopic (exact) mass is 667 g/mol. The summed E-state index contributed by atoms with van der Waals surface area (Å²) >= 11 is 0. The maximum atomic E-state index is 13.7. The van der Waals surface area contributed by atoms with Gasteiger partial charge in [-0.3, -0.25) is 4.79 Å². The number of ether oxygens (including phenoxy) is 6. The van der Waals surface area contributed by atoms with Crippen LogP contribution in [0.1, 0.15) is 23.6 Å². The minimum Gasteiger partial charge on any atom is -0.504 e. The third-order valence-corrected chi connectivity index (χ3v) is 9.79. The molecule has 5 aliphatic rings. The van der Waals surface area contributed by atoms with Crippen molar-refractivity contribution in [3.63, 3.8) is 0 Å². The largest absolute Gasteiger partial charge is 0.504 e. The van der Waals surface area contributed by atoms with E-state index < -0.39 is 92.8 Å². The zero-order valence-corrected chi connectivity index (χ0v) is 25.5. The van der Waals surface area contributed by atoms with Gasteiger partial charge < -0.3 is 74.2 Å². The third kappa shape index (κ3) is 5.91. The van der Waals surface area contributed by atoms with Gasteiger partial charge in [0.2, 0.25) is 6.29 Å². The summed E-state index contributed by atoms with van der Waals surface area (Å²) in [4.78, 5) is 15.4. The molecule has 0 bridgehead atoms. The second-order valence-corrected chi connectivity index (χ2v) is 12.4. The van der Waals surface area contributed by atoms with Gasteiger partial charge in [0.25, 0.3) is 5.91 Å². The number of aromatic hydroxyl groups is 1. The molecule has 14 atom stereocenters. The van der Waals surface area contributed by atoms with Crippen molar-refractivity contribution in [1.29, 1.82) is 0 Å². The average Bonchev–Trinajstić information content (AvgIpc) is 3.07. The zero-order chi connectivity index (χ0) is 33.7. The van der Waals surface area contributed by atoms with Gasteiger partial charge in [0, 0.05) is 18.4 Å². The number of rotatable bonds is 8. The molecule has 47 heavy (non-hydrogen) atoms. The molecule has 5 heterocycles. The Labute approximate surface area is 269 Å². The van der Waals surface area contributed by atoms with Crippen LogP contribution < -0.4 is 4.74 Å². The highest BCUT2D eigenvalue weighted by molar-refractivity contribution is 5.95. The van der Waals surface area contributed by atoms with Gasteiger partial charge in [0.15, 0.2) is 24.1 Å². The van der Waals surface area contributed by atoms with Crippen LogP contribution in [0.3, 0.4) is 0 Å². The number of phenols is 1. The van der Waals surface area contributed by atoms with Crippen LogP contribution in [0.5, 0.6) is 11.5 Å². The van der Waals surface area contributed by atoms with E-state index in [1.165, 1.54) is 13.4 Å². The van der Waals surface area contributed by atoms with Crippen molar-refractivity contribution in [3.05, 3.63) is 47.7 Å². The lowest BCUT2D eigenvalue weighted by Gasteiger charge is -2.49. The van der Waals surface area contributed by atoms with Crippen LogP contribution in [0.2, 0.25) is 0 Å². The number of hydrogen-bond acceptors (Lipinski definition) is 15. The molecule has 3 fully saturated rings. The second-order valence-electron chi connectivity index (χ2n) is 12.4. The molecule has 6 rings (SSSR count). The van der Waals surface area contributed by atoms with Crippen molar-refractivity contribution >= 4 is 5.91 Å². The minimum absolute atomic E-state index is 0.0418. The van der Waals surface area contributed by atoms with Crippen molar-refractivity contribution in [2.75, 3.05) is 26.9 Å². The Morgan fingerprint density at radius 2 is 1.62 bits per heavy atom. The standard InChI is InChI=1S/C31H41NO15/c1-3-13-15-7-17-14-8-18(35)19(42-2)6-12(14)4-5-32(17)28(41)16(15)11-43-29(13)47-31-26(40)27(23(37)21(10-34)45-31)46-30-25(39)24(38)22(36)20(9-33)44-30/h3,6,8,11,13,15,17,20-27,29-31,33-40H,1,4-5,7,9-10H2,2H3/t13-,15+,17-,20-,21-,22-,23-,24+,25-,26-,27+,29+,30+,31+/m1/s1. The molecule has 16 nitrogen and oxygen atoms in total. The zero-order valence-electron chi connectivity index (χ0n) is 25.5. The van der Waals surface area contributed by atoms with Gasteiger partial charge >= 0.3 is 0 Å². The SMILES string of the molecule is C=C[C@H]1[C@H](O[C@@H]2O[C@H](CO)[C@@H](O)[C@H](O[C@@H]3O[C@H](CO)[C@@H](O)[C@H](O)[C@H]3O)[C@H]2O)OC=C2C(=O)N3CCc4cc(OC)c(O)cc4[C@H]3C[C@H]21. The van der Waals surface area contributed by atoms with E-state index in [2.05, 4.69) is 6.58 Å². The molecular weight excluding hydrogens is 626 g/mol. The molecular formula is C31H41NO15. The van der Waals surface area contributed by atoms with E-state index in [-0.39, 0.29) is 17.7 Å². The smallest absolute Gasteiger partial charge is 0.253 e. The number of phenolic OH excluding ortho intramolecular Hbond substituents is 1. The second kappa shape index (κ2) is 13.6. The number of methoxy groups -OCH3 is 1. The average molecular weight is 668 g/mol. The lowest BCUT2D eigenvalue weighted by molar-refractivity contribution is -0.374. The first kappa shape index (κ1) is 34.0. The first-order valence-corrected chi connectivity index (χ1v) is 15.5. The normalized spacial score (nSPS) is 41.6. The lowest BCUT2D eigenvalue weighted by atomic mass is 9.73. The Hall–Kier alpha value is -2.87. The maximum absolute atomic E-state index is 13.7. The van der Waals surface area contributed by atoms with E-state index in [1.54, 1.807) is 23.1 Å². The Morgan fingerprint density at radius 3 is 2.28 bits per heavy atom. The predicted molar refractivity (Wildman–Crippen MR) is 155 cm³/mol. The van der Waals surface area contributed by atoms with Gasteiger partial charge in [-0.1, -0.05) is 6.08 Å². The molecule has 0 aliphatic carbocycles. The molecule has 0 radical (unpaired) electrons. The van der Waals surface area contributed by atoms with Gasteiger partial charge in [-0.25, -0.2) is 0 Å². The summed E-state index contributed by atoms with van der Waals surface area (Å²) in [5.74, 6) is -1.02. The molecule has 0 spiro atoms. The Morgan fingerprint density at radius 1 is 0.936 bits per heavy atom. The molecule has 260 valence electrons. The fraction of sp³-hybridized carbons (Fsp3) is 0.645. The Kier molecular flexibility index (Phi) is 9.81. The van der Waals surface area contributed by atoms with Gasteiger partial charge in [0.1, 0.15) is 48.8 Å². The highest BCUT2D eigenvalue weighted by Gasteiger charge is 2.53. The number of hydrogen-bond donors (Lipinski definition) is 8. The van der Waals surface area contributed by atoms with Crippen LogP contribution in [-0.2, 0) is 34.9 Å². The highest BCUT2D eigenvalue weighted by Crippen LogP contribution is 2.49. The van der Waals surface area contributed by atoms with E-state index in [4.69, 9.17) is 28.4 Å². The van der Waals surface area contributed by atoms with Gasteiger partial charge in [-0.05, 0) is 36.1 Å². The number of carbonyl (C=O) groups excluding carboxylic acids is 1. The quantitative estimate of drug-likeness (QED) is 0.134. The molecule has 1 amide bonds. The number of aliphatic hydroxyl groups is 7. The summed E-state index contributed by atoms with van der Waals surface area (Å²) in [6, 6.07) is 3.02. The molecule has 8 N–H and O–H groups in total. The van der Waals surface area contributed by atoms with Crippen molar-refractivity contribution in [1.82, 2.24) is 4.90 Å². The van der Waals surface area contributed by atoms with E-state index in [1.807, 2.05) is 0 Å². The summed E-state index contributed by atoms with van der Waals surface area (Å²) in [5.41, 5.74) is 2.16. The van der Waals surface area contributed by atoms with E-state index in [0.29, 0.717) is 30.7 Å². The maximum Gasteiger partial charge on any atom is 0.253 e. The Balaban J connectivity index is 1.22. The molecule has 0 saturated carbocycles. The summed E-state index contributed by atoms with van der Waals surface area (Å²) in [5, 5.41) is 82.8. The molecule has 0 unspecified atom stereocenters.